The normalized spacial score (nSPS) is 23.3. The second-order valence-corrected chi connectivity index (χ2v) is 8.28. The molecule has 5 rings (SSSR count). The minimum atomic E-state index is 0.495. The first-order valence-corrected chi connectivity index (χ1v) is 10.7. The summed E-state index contributed by atoms with van der Waals surface area (Å²) in [4.78, 5) is 9.77. The van der Waals surface area contributed by atoms with Crippen molar-refractivity contribution in [1.29, 1.82) is 0 Å². The summed E-state index contributed by atoms with van der Waals surface area (Å²) in [5.41, 5.74) is 2.79. The SMILES string of the molecule is COc1ccccc1-c1csc(=Nc2cccnc2)n1N=CC1CC2C=CC1C2. The number of nitrogens with zero attached hydrogens (tertiary/aromatic N) is 4. The number of pyridine rings is 1. The van der Waals surface area contributed by atoms with E-state index in [9.17, 15) is 0 Å². The Morgan fingerprint density at radius 3 is 2.86 bits per heavy atom. The summed E-state index contributed by atoms with van der Waals surface area (Å²) in [6.45, 7) is 0. The van der Waals surface area contributed by atoms with E-state index in [-0.39, 0.29) is 0 Å². The maximum atomic E-state index is 5.59. The molecule has 29 heavy (non-hydrogen) atoms. The number of aromatic nitrogens is 2. The van der Waals surface area contributed by atoms with Crippen LogP contribution in [-0.2, 0) is 0 Å². The maximum absolute atomic E-state index is 5.59. The molecule has 1 saturated carbocycles. The molecule has 0 radical (unpaired) electrons. The zero-order valence-electron chi connectivity index (χ0n) is 16.2. The van der Waals surface area contributed by atoms with Gasteiger partial charge in [0, 0.05) is 29.3 Å². The Hall–Kier alpha value is -2.99. The molecule has 5 nitrogen and oxygen atoms in total. The lowest BCUT2D eigenvalue weighted by Gasteiger charge is -2.13. The van der Waals surface area contributed by atoms with Gasteiger partial charge in [0.25, 0.3) is 0 Å². The molecule has 2 aliphatic carbocycles. The van der Waals surface area contributed by atoms with Crippen LogP contribution in [-0.4, -0.2) is 23.0 Å². The molecule has 0 amide bonds. The number of hydrogen-bond acceptors (Lipinski definition) is 5. The topological polar surface area (TPSA) is 51.8 Å². The summed E-state index contributed by atoms with van der Waals surface area (Å²) in [7, 11) is 1.70. The molecule has 3 aromatic rings. The van der Waals surface area contributed by atoms with Crippen LogP contribution in [0.5, 0.6) is 5.75 Å². The second-order valence-electron chi connectivity index (χ2n) is 7.45. The fourth-order valence-electron chi connectivity index (χ4n) is 4.21. The smallest absolute Gasteiger partial charge is 0.211 e. The Balaban J connectivity index is 1.60. The van der Waals surface area contributed by atoms with Crippen molar-refractivity contribution in [3.8, 4) is 17.0 Å². The fourth-order valence-corrected chi connectivity index (χ4v) is 5.06. The molecule has 6 heteroatoms. The van der Waals surface area contributed by atoms with Gasteiger partial charge in [0.1, 0.15) is 5.75 Å². The lowest BCUT2D eigenvalue weighted by Crippen LogP contribution is -2.15. The van der Waals surface area contributed by atoms with E-state index >= 15 is 0 Å². The predicted molar refractivity (Wildman–Crippen MR) is 116 cm³/mol. The van der Waals surface area contributed by atoms with E-state index in [0.29, 0.717) is 11.8 Å². The molecule has 0 spiro atoms. The van der Waals surface area contributed by atoms with Gasteiger partial charge in [0.2, 0.25) is 4.80 Å². The number of hydrogen-bond donors (Lipinski definition) is 0. The highest BCUT2D eigenvalue weighted by Crippen LogP contribution is 2.42. The van der Waals surface area contributed by atoms with E-state index in [1.54, 1.807) is 30.8 Å². The Morgan fingerprint density at radius 2 is 2.10 bits per heavy atom. The molecule has 2 bridgehead atoms. The van der Waals surface area contributed by atoms with Gasteiger partial charge in [-0.2, -0.15) is 5.10 Å². The number of rotatable bonds is 5. The molecule has 1 fully saturated rings. The number of thiazole rings is 1. The molecular formula is C23H22N4OS. The quantitative estimate of drug-likeness (QED) is 0.450. The van der Waals surface area contributed by atoms with Crippen molar-refractivity contribution in [2.45, 2.75) is 12.8 Å². The van der Waals surface area contributed by atoms with Gasteiger partial charge in [0.05, 0.1) is 24.7 Å². The third-order valence-electron chi connectivity index (χ3n) is 5.64. The van der Waals surface area contributed by atoms with Crippen LogP contribution in [0.15, 0.2) is 76.4 Å². The van der Waals surface area contributed by atoms with Crippen molar-refractivity contribution in [3.05, 3.63) is 71.1 Å². The molecule has 146 valence electrons. The molecule has 0 aliphatic heterocycles. The van der Waals surface area contributed by atoms with Gasteiger partial charge < -0.3 is 4.74 Å². The van der Waals surface area contributed by atoms with E-state index in [1.165, 1.54) is 12.8 Å². The zero-order chi connectivity index (χ0) is 19.6. The molecule has 3 atom stereocenters. The largest absolute Gasteiger partial charge is 0.496 e. The van der Waals surface area contributed by atoms with Gasteiger partial charge in [-0.1, -0.05) is 24.3 Å². The van der Waals surface area contributed by atoms with Crippen LogP contribution in [0, 0.1) is 17.8 Å². The average molecular weight is 403 g/mol. The summed E-state index contributed by atoms with van der Waals surface area (Å²) in [6.07, 6.45) is 12.8. The fraction of sp³-hybridized carbons (Fsp3) is 0.261. The Kier molecular flexibility index (Phi) is 4.86. The lowest BCUT2D eigenvalue weighted by atomic mass is 9.95. The lowest BCUT2D eigenvalue weighted by molar-refractivity contribution is 0.416. The van der Waals surface area contributed by atoms with E-state index in [0.717, 1.165) is 33.4 Å². The van der Waals surface area contributed by atoms with Crippen molar-refractivity contribution in [2.75, 3.05) is 7.11 Å². The van der Waals surface area contributed by atoms with Crippen molar-refractivity contribution < 1.29 is 4.74 Å². The number of methoxy groups -OCH3 is 1. The highest BCUT2D eigenvalue weighted by molar-refractivity contribution is 7.07. The summed E-state index contributed by atoms with van der Waals surface area (Å²) in [6, 6.07) is 11.9. The van der Waals surface area contributed by atoms with Crippen LogP contribution in [0.2, 0.25) is 0 Å². The van der Waals surface area contributed by atoms with Gasteiger partial charge in [-0.15, -0.1) is 11.3 Å². The van der Waals surface area contributed by atoms with Crippen molar-refractivity contribution in [2.24, 2.45) is 27.8 Å². The van der Waals surface area contributed by atoms with E-state index < -0.39 is 0 Å². The summed E-state index contributed by atoms with van der Waals surface area (Å²) in [5, 5.41) is 7.00. The third-order valence-corrected chi connectivity index (χ3v) is 6.46. The van der Waals surface area contributed by atoms with Crippen molar-refractivity contribution in [1.82, 2.24) is 9.66 Å². The zero-order valence-corrected chi connectivity index (χ0v) is 17.0. The molecule has 3 unspecified atom stereocenters. The van der Waals surface area contributed by atoms with Gasteiger partial charge in [-0.25, -0.2) is 9.67 Å². The molecule has 1 aromatic carbocycles. The minimum Gasteiger partial charge on any atom is -0.496 e. The standard InChI is InChI=1S/C23H22N4OS/c1-28-22-7-3-2-6-20(22)21-15-29-23(26-19-5-4-10-24-14-19)27(21)25-13-18-12-16-8-9-17(18)11-16/h2-10,13-18H,11-12H2,1H3. The first-order chi connectivity index (χ1) is 14.3. The van der Waals surface area contributed by atoms with Crippen LogP contribution >= 0.6 is 11.3 Å². The van der Waals surface area contributed by atoms with Gasteiger partial charge in [0.15, 0.2) is 0 Å². The molecule has 2 aliphatic rings. The number of benzene rings is 1. The highest BCUT2D eigenvalue weighted by Gasteiger charge is 2.34. The van der Waals surface area contributed by atoms with Crippen molar-refractivity contribution in [3.63, 3.8) is 0 Å². The van der Waals surface area contributed by atoms with E-state index in [4.69, 9.17) is 14.8 Å². The van der Waals surface area contributed by atoms with E-state index in [2.05, 4.69) is 34.8 Å². The van der Waals surface area contributed by atoms with Crippen LogP contribution < -0.4 is 9.54 Å². The van der Waals surface area contributed by atoms with Crippen LogP contribution in [0.1, 0.15) is 12.8 Å². The van der Waals surface area contributed by atoms with E-state index in [1.807, 2.05) is 35.0 Å². The van der Waals surface area contributed by atoms with Gasteiger partial charge in [-0.05, 0) is 48.9 Å². The molecule has 0 N–H and O–H groups in total. The Bertz CT molecular complexity index is 1130. The second kappa shape index (κ2) is 7.79. The Labute approximate surface area is 173 Å². The van der Waals surface area contributed by atoms with Crippen molar-refractivity contribution >= 4 is 23.2 Å². The van der Waals surface area contributed by atoms with Crippen LogP contribution in [0.4, 0.5) is 5.69 Å². The third kappa shape index (κ3) is 3.56. The summed E-state index contributed by atoms with van der Waals surface area (Å²) < 4.78 is 7.53. The number of para-hydroxylation sites is 1. The van der Waals surface area contributed by atoms with Gasteiger partial charge in [-0.3, -0.25) is 4.98 Å². The molecule has 0 saturated heterocycles. The predicted octanol–water partition coefficient (Wildman–Crippen LogP) is 4.90. The maximum Gasteiger partial charge on any atom is 0.211 e. The number of allylic oxidation sites excluding steroid dienone is 2. The molecule has 2 heterocycles. The van der Waals surface area contributed by atoms with Crippen LogP contribution in [0.25, 0.3) is 11.3 Å². The first kappa shape index (κ1) is 18.1. The highest BCUT2D eigenvalue weighted by atomic mass is 32.1. The number of fused-ring (bicyclic) bond motifs is 2. The first-order valence-electron chi connectivity index (χ1n) is 9.83. The van der Waals surface area contributed by atoms with Crippen LogP contribution in [0.3, 0.4) is 0 Å². The number of ether oxygens (including phenoxy) is 1. The molecular weight excluding hydrogens is 380 g/mol. The average Bonchev–Trinajstić information content (AvgIpc) is 3.49. The van der Waals surface area contributed by atoms with Gasteiger partial charge >= 0.3 is 0 Å². The summed E-state index contributed by atoms with van der Waals surface area (Å²) in [5.74, 6) is 2.66. The Morgan fingerprint density at radius 1 is 1.17 bits per heavy atom. The molecule has 2 aromatic heterocycles. The summed E-state index contributed by atoms with van der Waals surface area (Å²) >= 11 is 1.57. The minimum absolute atomic E-state index is 0.495. The monoisotopic (exact) mass is 402 g/mol.